The second-order valence-corrected chi connectivity index (χ2v) is 7.49. The van der Waals surface area contributed by atoms with Crippen LogP contribution in [0, 0.1) is 0 Å². The molecule has 1 saturated heterocycles. The highest BCUT2D eigenvalue weighted by Gasteiger charge is 2.47. The number of ether oxygens (including phenoxy) is 2. The molecule has 1 unspecified atom stereocenters. The van der Waals surface area contributed by atoms with Crippen LogP contribution < -0.4 is 19.4 Å². The van der Waals surface area contributed by atoms with Crippen LogP contribution in [-0.2, 0) is 9.59 Å². The quantitative estimate of drug-likeness (QED) is 0.386. The smallest absolute Gasteiger partial charge is 0.300 e. The van der Waals surface area contributed by atoms with Crippen molar-refractivity contribution in [3.63, 3.8) is 0 Å². The molecule has 7 nitrogen and oxygen atoms in total. The zero-order valence-electron chi connectivity index (χ0n) is 16.0. The lowest BCUT2D eigenvalue weighted by molar-refractivity contribution is -0.377. The molecule has 5 rings (SSSR count). The number of aliphatic hydroxyl groups is 1. The molecule has 1 amide bonds. The van der Waals surface area contributed by atoms with Crippen molar-refractivity contribution in [1.82, 2.24) is 0 Å². The normalized spacial score (nSPS) is 19.1. The average molecular weight is 436 g/mol. The molecule has 0 bridgehead atoms. The Morgan fingerprint density at radius 3 is 2.58 bits per heavy atom. The molecule has 2 aliphatic heterocycles. The summed E-state index contributed by atoms with van der Waals surface area (Å²) in [6, 6.07) is 14.2. The lowest BCUT2D eigenvalue weighted by atomic mass is 9.95. The number of hydrogen-bond donors (Lipinski definition) is 1. The van der Waals surface area contributed by atoms with Crippen LogP contribution in [0.2, 0.25) is 5.02 Å². The predicted octanol–water partition coefficient (Wildman–Crippen LogP) is 3.51. The van der Waals surface area contributed by atoms with Crippen molar-refractivity contribution in [2.45, 2.75) is 6.04 Å². The molecule has 3 aromatic rings. The molecule has 1 atom stereocenters. The molecule has 0 aliphatic carbocycles. The number of anilines is 1. The van der Waals surface area contributed by atoms with Crippen LogP contribution in [-0.4, -0.2) is 23.6 Å². The molecule has 1 fully saturated rings. The maximum absolute atomic E-state index is 13.1. The minimum Gasteiger partial charge on any atom is -0.507 e. The van der Waals surface area contributed by atoms with Gasteiger partial charge in [0.1, 0.15) is 11.4 Å². The van der Waals surface area contributed by atoms with Gasteiger partial charge >= 0.3 is 0 Å². The molecule has 0 radical (unpaired) electrons. The fraction of sp³-hybridized carbons (Fsp3) is 0.0870. The molecule has 2 N–H and O–H groups in total. The zero-order chi connectivity index (χ0) is 21.5. The SMILES string of the molecule is O=C1C(=O)N(c2ccc[nH+]c2)C(c2ccc3c(c2)OCO3)C1=C(O)c1ccc(Cl)cc1. The van der Waals surface area contributed by atoms with Gasteiger partial charge in [0.2, 0.25) is 6.79 Å². The third kappa shape index (κ3) is 3.19. The zero-order valence-corrected chi connectivity index (χ0v) is 16.8. The first-order valence-electron chi connectivity index (χ1n) is 9.47. The fourth-order valence-corrected chi connectivity index (χ4v) is 3.92. The molecular weight excluding hydrogens is 420 g/mol. The maximum atomic E-state index is 13.1. The number of benzene rings is 2. The number of hydrogen-bond acceptors (Lipinski definition) is 5. The number of rotatable bonds is 3. The number of carbonyl (C=O) groups is 2. The Bertz CT molecular complexity index is 1220. The number of aliphatic hydroxyl groups excluding tert-OH is 1. The first kappa shape index (κ1) is 19.1. The number of aromatic amines is 1. The second kappa shape index (κ2) is 7.45. The first-order valence-corrected chi connectivity index (χ1v) is 9.85. The molecule has 0 saturated carbocycles. The summed E-state index contributed by atoms with van der Waals surface area (Å²) < 4.78 is 10.9. The summed E-state index contributed by atoms with van der Waals surface area (Å²) in [6.07, 6.45) is 3.32. The van der Waals surface area contributed by atoms with Crippen molar-refractivity contribution in [2.24, 2.45) is 0 Å². The van der Waals surface area contributed by atoms with Gasteiger partial charge in [0.15, 0.2) is 23.9 Å². The number of Topliss-reactive ketones (excluding diaryl/α,β-unsaturated/α-hetero) is 1. The van der Waals surface area contributed by atoms with Gasteiger partial charge in [-0.25, -0.2) is 4.98 Å². The van der Waals surface area contributed by atoms with Gasteiger partial charge in [-0.2, -0.15) is 0 Å². The highest BCUT2D eigenvalue weighted by atomic mass is 35.5. The molecule has 0 spiro atoms. The topological polar surface area (TPSA) is 90.2 Å². The van der Waals surface area contributed by atoms with E-state index < -0.39 is 17.7 Å². The van der Waals surface area contributed by atoms with Crippen molar-refractivity contribution in [2.75, 3.05) is 11.7 Å². The first-order chi connectivity index (χ1) is 15.0. The molecule has 2 aromatic carbocycles. The Morgan fingerprint density at radius 1 is 1.06 bits per heavy atom. The number of ketones is 1. The Hall–Kier alpha value is -3.84. The van der Waals surface area contributed by atoms with Crippen molar-refractivity contribution in [1.29, 1.82) is 0 Å². The van der Waals surface area contributed by atoms with E-state index in [9.17, 15) is 14.7 Å². The fourth-order valence-electron chi connectivity index (χ4n) is 3.79. The molecular formula is C23H16ClN2O5+. The van der Waals surface area contributed by atoms with E-state index in [1.165, 1.54) is 4.90 Å². The van der Waals surface area contributed by atoms with Gasteiger partial charge in [-0.3, -0.25) is 14.5 Å². The number of aromatic nitrogens is 1. The van der Waals surface area contributed by atoms with E-state index in [0.717, 1.165) is 0 Å². The van der Waals surface area contributed by atoms with Crippen molar-refractivity contribution < 1.29 is 29.2 Å². The van der Waals surface area contributed by atoms with E-state index in [2.05, 4.69) is 4.98 Å². The standard InChI is InChI=1S/C23H15ClN2O5/c24-15-6-3-13(4-7-15)21(27)19-20(14-5-8-17-18(10-14)31-12-30-17)26(23(29)22(19)28)16-2-1-9-25-11-16/h1-11,20,27H,12H2/p+1. The Labute approximate surface area is 182 Å². The summed E-state index contributed by atoms with van der Waals surface area (Å²) in [5, 5.41) is 11.6. The van der Waals surface area contributed by atoms with Crippen LogP contribution in [0.5, 0.6) is 11.5 Å². The van der Waals surface area contributed by atoms with E-state index in [0.29, 0.717) is 33.3 Å². The van der Waals surface area contributed by atoms with Gasteiger partial charge < -0.3 is 14.6 Å². The lowest BCUT2D eigenvalue weighted by Crippen LogP contribution is -2.30. The molecule has 8 heteroatoms. The molecule has 3 heterocycles. The van der Waals surface area contributed by atoms with Gasteiger partial charge in [0.05, 0.1) is 11.6 Å². The monoisotopic (exact) mass is 435 g/mol. The summed E-state index contributed by atoms with van der Waals surface area (Å²) in [6.45, 7) is 0.0946. The molecule has 31 heavy (non-hydrogen) atoms. The van der Waals surface area contributed by atoms with Crippen LogP contribution in [0.15, 0.2) is 72.6 Å². The number of carbonyl (C=O) groups excluding carboxylic acids is 2. The number of pyridine rings is 1. The predicted molar refractivity (Wildman–Crippen MR) is 112 cm³/mol. The number of nitrogens with zero attached hydrogens (tertiary/aromatic N) is 1. The van der Waals surface area contributed by atoms with Gasteiger partial charge in [-0.1, -0.05) is 17.7 Å². The molecule has 154 valence electrons. The second-order valence-electron chi connectivity index (χ2n) is 7.05. The Kier molecular flexibility index (Phi) is 4.60. The number of halogens is 1. The highest BCUT2D eigenvalue weighted by Crippen LogP contribution is 2.44. The Balaban J connectivity index is 1.72. The van der Waals surface area contributed by atoms with E-state index in [-0.39, 0.29) is 18.1 Å². The number of amides is 1. The molecule has 1 aromatic heterocycles. The van der Waals surface area contributed by atoms with Crippen LogP contribution in [0.4, 0.5) is 5.69 Å². The Morgan fingerprint density at radius 2 is 1.84 bits per heavy atom. The summed E-state index contributed by atoms with van der Waals surface area (Å²) in [4.78, 5) is 30.4. The lowest BCUT2D eigenvalue weighted by Gasteiger charge is -2.24. The van der Waals surface area contributed by atoms with Crippen LogP contribution in [0.1, 0.15) is 17.2 Å². The largest absolute Gasteiger partial charge is 0.507 e. The maximum Gasteiger partial charge on any atom is 0.300 e. The average Bonchev–Trinajstić information content (AvgIpc) is 3.36. The van der Waals surface area contributed by atoms with Crippen molar-refractivity contribution >= 4 is 34.7 Å². The van der Waals surface area contributed by atoms with Gasteiger partial charge in [-0.15, -0.1) is 0 Å². The van der Waals surface area contributed by atoms with E-state index in [1.54, 1.807) is 67.0 Å². The van der Waals surface area contributed by atoms with Gasteiger partial charge in [0, 0.05) is 16.7 Å². The van der Waals surface area contributed by atoms with Crippen molar-refractivity contribution in [3.05, 3.63) is 88.7 Å². The number of fused-ring (bicyclic) bond motifs is 1. The van der Waals surface area contributed by atoms with Crippen LogP contribution >= 0.6 is 11.6 Å². The van der Waals surface area contributed by atoms with Crippen molar-refractivity contribution in [3.8, 4) is 11.5 Å². The summed E-state index contributed by atoms with van der Waals surface area (Å²) in [5.41, 5.74) is 1.45. The number of H-pyrrole nitrogens is 1. The van der Waals surface area contributed by atoms with Gasteiger partial charge in [-0.05, 0) is 48.0 Å². The minimum atomic E-state index is -0.860. The molecule has 2 aliphatic rings. The summed E-state index contributed by atoms with van der Waals surface area (Å²) >= 11 is 5.95. The summed E-state index contributed by atoms with van der Waals surface area (Å²) in [7, 11) is 0. The van der Waals surface area contributed by atoms with Gasteiger partial charge in [0.25, 0.3) is 11.7 Å². The minimum absolute atomic E-state index is 0.0185. The van der Waals surface area contributed by atoms with Crippen LogP contribution in [0.25, 0.3) is 5.76 Å². The third-order valence-electron chi connectivity index (χ3n) is 5.24. The van der Waals surface area contributed by atoms with E-state index >= 15 is 0 Å². The third-order valence-corrected chi connectivity index (χ3v) is 5.50. The number of nitrogens with one attached hydrogen (secondary N) is 1. The summed E-state index contributed by atoms with van der Waals surface area (Å²) in [5.74, 6) is -0.711. The highest BCUT2D eigenvalue weighted by molar-refractivity contribution is 6.51. The van der Waals surface area contributed by atoms with E-state index in [4.69, 9.17) is 21.1 Å². The van der Waals surface area contributed by atoms with Crippen LogP contribution in [0.3, 0.4) is 0 Å². The van der Waals surface area contributed by atoms with E-state index in [1.807, 2.05) is 0 Å².